The summed E-state index contributed by atoms with van der Waals surface area (Å²) in [5.41, 5.74) is 0.692. The van der Waals surface area contributed by atoms with Crippen molar-refractivity contribution < 1.29 is 9.50 Å². The van der Waals surface area contributed by atoms with E-state index in [4.69, 9.17) is 0 Å². The molecule has 0 fully saturated rings. The SMILES string of the molecule is Cc1ncc(CNC(C)c2ccc(F)cc2O)s1. The van der Waals surface area contributed by atoms with Crippen molar-refractivity contribution in [2.24, 2.45) is 0 Å². The van der Waals surface area contributed by atoms with Gasteiger partial charge in [0.2, 0.25) is 0 Å². The molecule has 1 heterocycles. The summed E-state index contributed by atoms with van der Waals surface area (Å²) < 4.78 is 12.9. The van der Waals surface area contributed by atoms with Crippen molar-refractivity contribution in [3.63, 3.8) is 0 Å². The summed E-state index contributed by atoms with van der Waals surface area (Å²) in [7, 11) is 0. The topological polar surface area (TPSA) is 45.2 Å². The highest BCUT2D eigenvalue weighted by Crippen LogP contribution is 2.25. The van der Waals surface area contributed by atoms with Crippen molar-refractivity contribution in [3.05, 3.63) is 45.7 Å². The molecule has 0 saturated carbocycles. The highest BCUT2D eigenvalue weighted by atomic mass is 32.1. The number of aromatic hydroxyl groups is 1. The molecule has 1 aromatic heterocycles. The highest BCUT2D eigenvalue weighted by Gasteiger charge is 2.11. The predicted octanol–water partition coefficient (Wildman–Crippen LogP) is 3.15. The number of aromatic nitrogens is 1. The van der Waals surface area contributed by atoms with Crippen LogP contribution in [0.5, 0.6) is 5.75 Å². The van der Waals surface area contributed by atoms with Gasteiger partial charge in [-0.1, -0.05) is 6.07 Å². The van der Waals surface area contributed by atoms with E-state index >= 15 is 0 Å². The van der Waals surface area contributed by atoms with Gasteiger partial charge in [0.1, 0.15) is 11.6 Å². The van der Waals surface area contributed by atoms with Crippen LogP contribution in [0.15, 0.2) is 24.4 Å². The van der Waals surface area contributed by atoms with Crippen molar-refractivity contribution in [1.82, 2.24) is 10.3 Å². The van der Waals surface area contributed by atoms with Gasteiger partial charge >= 0.3 is 0 Å². The first kappa shape index (κ1) is 13.0. The van der Waals surface area contributed by atoms with Crippen molar-refractivity contribution >= 4 is 11.3 Å². The fourth-order valence-corrected chi connectivity index (χ4v) is 2.48. The van der Waals surface area contributed by atoms with Crippen LogP contribution in [0, 0.1) is 12.7 Å². The number of nitrogens with one attached hydrogen (secondary N) is 1. The summed E-state index contributed by atoms with van der Waals surface area (Å²) >= 11 is 1.64. The maximum atomic E-state index is 12.9. The Morgan fingerprint density at radius 1 is 1.50 bits per heavy atom. The molecular formula is C13H15FN2OS. The molecule has 2 aromatic rings. The minimum absolute atomic E-state index is 0.0181. The Morgan fingerprint density at radius 2 is 2.28 bits per heavy atom. The van der Waals surface area contributed by atoms with E-state index in [1.54, 1.807) is 17.4 Å². The number of phenolic OH excluding ortho intramolecular Hbond substituents is 1. The average molecular weight is 266 g/mol. The zero-order valence-corrected chi connectivity index (χ0v) is 11.1. The maximum Gasteiger partial charge on any atom is 0.126 e. The lowest BCUT2D eigenvalue weighted by Gasteiger charge is -2.14. The van der Waals surface area contributed by atoms with Gasteiger partial charge in [0.15, 0.2) is 0 Å². The molecule has 0 saturated heterocycles. The van der Waals surface area contributed by atoms with Crippen LogP contribution in [0.3, 0.4) is 0 Å². The monoisotopic (exact) mass is 266 g/mol. The molecule has 0 aliphatic heterocycles. The summed E-state index contributed by atoms with van der Waals surface area (Å²) in [5, 5.41) is 14.0. The number of phenols is 1. The summed E-state index contributed by atoms with van der Waals surface area (Å²) in [4.78, 5) is 5.32. The summed E-state index contributed by atoms with van der Waals surface area (Å²) in [6.45, 7) is 4.58. The first-order valence-corrected chi connectivity index (χ1v) is 6.51. The highest BCUT2D eigenvalue weighted by molar-refractivity contribution is 7.11. The summed E-state index contributed by atoms with van der Waals surface area (Å²) in [5.74, 6) is -0.447. The van der Waals surface area contributed by atoms with Crippen molar-refractivity contribution in [2.75, 3.05) is 0 Å². The minimum Gasteiger partial charge on any atom is -0.508 e. The van der Waals surface area contributed by atoms with Gasteiger partial charge in [-0.3, -0.25) is 0 Å². The predicted molar refractivity (Wildman–Crippen MR) is 70.2 cm³/mol. The second-order valence-electron chi connectivity index (χ2n) is 4.15. The lowest BCUT2D eigenvalue weighted by atomic mass is 10.1. The fraction of sp³-hybridized carbons (Fsp3) is 0.308. The fourth-order valence-electron chi connectivity index (χ4n) is 1.73. The summed E-state index contributed by atoms with van der Waals surface area (Å²) in [6, 6.07) is 4.03. The maximum absolute atomic E-state index is 12.9. The van der Waals surface area contributed by atoms with Gasteiger partial charge in [-0.15, -0.1) is 11.3 Å². The lowest BCUT2D eigenvalue weighted by Crippen LogP contribution is -2.17. The van der Waals surface area contributed by atoms with Crippen LogP contribution >= 0.6 is 11.3 Å². The van der Waals surface area contributed by atoms with E-state index < -0.39 is 5.82 Å². The number of hydrogen-bond acceptors (Lipinski definition) is 4. The van der Waals surface area contributed by atoms with E-state index in [1.807, 2.05) is 20.0 Å². The Bertz CT molecular complexity index is 542. The molecule has 0 radical (unpaired) electrons. The first-order valence-electron chi connectivity index (χ1n) is 5.69. The third kappa shape index (κ3) is 3.05. The lowest BCUT2D eigenvalue weighted by molar-refractivity contribution is 0.447. The molecule has 1 aromatic carbocycles. The van der Waals surface area contributed by atoms with Crippen LogP contribution in [0.1, 0.15) is 28.4 Å². The minimum atomic E-state index is -0.429. The van der Waals surface area contributed by atoms with Crippen LogP contribution in [-0.2, 0) is 6.54 Å². The second-order valence-corrected chi connectivity index (χ2v) is 5.47. The standard InChI is InChI=1S/C13H15FN2OS/c1-8(12-4-3-10(14)5-13(12)17)15-6-11-7-16-9(2)18-11/h3-5,7-8,15,17H,6H2,1-2H3. The number of aryl methyl sites for hydroxylation is 1. The molecule has 0 spiro atoms. The number of hydrogen-bond donors (Lipinski definition) is 2. The van der Waals surface area contributed by atoms with Gasteiger partial charge in [-0.05, 0) is 19.9 Å². The third-order valence-corrected chi connectivity index (χ3v) is 3.62. The Labute approximate surface area is 109 Å². The van der Waals surface area contributed by atoms with Gasteiger partial charge in [-0.2, -0.15) is 0 Å². The Kier molecular flexibility index (Phi) is 3.93. The van der Waals surface area contributed by atoms with Gasteiger partial charge in [0.05, 0.1) is 5.01 Å². The van der Waals surface area contributed by atoms with Crippen LogP contribution in [0.4, 0.5) is 4.39 Å². The zero-order chi connectivity index (χ0) is 13.1. The van der Waals surface area contributed by atoms with Gasteiger partial charge < -0.3 is 10.4 Å². The third-order valence-electron chi connectivity index (χ3n) is 2.71. The molecular weight excluding hydrogens is 251 g/mol. The van der Waals surface area contributed by atoms with Crippen LogP contribution in [0.25, 0.3) is 0 Å². The van der Waals surface area contributed by atoms with E-state index in [1.165, 1.54) is 6.07 Å². The molecule has 0 amide bonds. The molecule has 1 atom stereocenters. The number of benzene rings is 1. The number of nitrogens with zero attached hydrogens (tertiary/aromatic N) is 1. The molecule has 0 aliphatic carbocycles. The molecule has 3 nitrogen and oxygen atoms in total. The van der Waals surface area contributed by atoms with Crippen molar-refractivity contribution in [1.29, 1.82) is 0 Å². The second kappa shape index (κ2) is 5.46. The van der Waals surface area contributed by atoms with E-state index in [-0.39, 0.29) is 11.8 Å². The molecule has 2 rings (SSSR count). The van der Waals surface area contributed by atoms with E-state index in [2.05, 4.69) is 10.3 Å². The first-order chi connectivity index (χ1) is 8.56. The quantitative estimate of drug-likeness (QED) is 0.893. The Balaban J connectivity index is 2.01. The number of thiazole rings is 1. The molecule has 2 N–H and O–H groups in total. The molecule has 1 unspecified atom stereocenters. The van der Waals surface area contributed by atoms with Crippen molar-refractivity contribution in [3.8, 4) is 5.75 Å². The van der Waals surface area contributed by atoms with Crippen LogP contribution in [-0.4, -0.2) is 10.1 Å². The number of halogens is 1. The summed E-state index contributed by atoms with van der Waals surface area (Å²) in [6.07, 6.45) is 1.84. The Hall–Kier alpha value is -1.46. The molecule has 0 aliphatic rings. The van der Waals surface area contributed by atoms with Crippen LogP contribution in [0.2, 0.25) is 0 Å². The molecule has 0 bridgehead atoms. The van der Waals surface area contributed by atoms with Crippen molar-refractivity contribution in [2.45, 2.75) is 26.4 Å². The van der Waals surface area contributed by atoms with Gasteiger partial charge in [-0.25, -0.2) is 9.37 Å². The average Bonchev–Trinajstić information content (AvgIpc) is 2.72. The smallest absolute Gasteiger partial charge is 0.126 e. The Morgan fingerprint density at radius 3 is 2.89 bits per heavy atom. The largest absolute Gasteiger partial charge is 0.508 e. The van der Waals surface area contributed by atoms with Crippen LogP contribution < -0.4 is 5.32 Å². The number of rotatable bonds is 4. The van der Waals surface area contributed by atoms with E-state index in [9.17, 15) is 9.50 Å². The van der Waals surface area contributed by atoms with Gasteiger partial charge in [0.25, 0.3) is 0 Å². The van der Waals surface area contributed by atoms with E-state index in [0.717, 1.165) is 16.0 Å². The zero-order valence-electron chi connectivity index (χ0n) is 10.3. The van der Waals surface area contributed by atoms with E-state index in [0.29, 0.717) is 12.1 Å². The molecule has 96 valence electrons. The molecule has 18 heavy (non-hydrogen) atoms. The van der Waals surface area contributed by atoms with Gasteiger partial charge in [0, 0.05) is 35.3 Å². The normalized spacial score (nSPS) is 12.6. The molecule has 5 heteroatoms.